The van der Waals surface area contributed by atoms with Crippen LogP contribution < -0.4 is 0 Å². The number of unbranched alkanes of at least 4 members (excludes halogenated alkanes) is 1. The number of aliphatic hydroxyl groups is 1. The molecule has 4 nitrogen and oxygen atoms in total. The molecule has 1 aliphatic heterocycles. The van der Waals surface area contributed by atoms with E-state index in [1.165, 1.54) is 38.5 Å². The summed E-state index contributed by atoms with van der Waals surface area (Å²) in [4.78, 5) is 7.54. The zero-order valence-electron chi connectivity index (χ0n) is 22.0. The second-order valence-corrected chi connectivity index (χ2v) is 10.9. The molecule has 1 aromatic carbocycles. The van der Waals surface area contributed by atoms with Crippen LogP contribution in [-0.2, 0) is 10.8 Å². The van der Waals surface area contributed by atoms with Gasteiger partial charge >= 0.3 is 0 Å². The van der Waals surface area contributed by atoms with Gasteiger partial charge in [0.2, 0.25) is 5.89 Å². The number of oxazole rings is 1. The van der Waals surface area contributed by atoms with Crippen molar-refractivity contribution in [3.05, 3.63) is 41.3 Å². The largest absolute Gasteiger partial charge is 0.444 e. The third kappa shape index (κ3) is 4.73. The third-order valence-electron chi connectivity index (χ3n) is 9.61. The first kappa shape index (κ1) is 25.4. The summed E-state index contributed by atoms with van der Waals surface area (Å²) in [6.45, 7) is 13.1. The summed E-state index contributed by atoms with van der Waals surface area (Å²) in [6.07, 6.45) is 13.6. The van der Waals surface area contributed by atoms with E-state index >= 15 is 0 Å². The Labute approximate surface area is 207 Å². The first-order valence-corrected chi connectivity index (χ1v) is 14.0. The van der Waals surface area contributed by atoms with Gasteiger partial charge in [0.25, 0.3) is 0 Å². The van der Waals surface area contributed by atoms with E-state index < -0.39 is 0 Å². The molecule has 1 saturated heterocycles. The van der Waals surface area contributed by atoms with E-state index in [1.807, 2.05) is 6.26 Å². The molecule has 0 spiro atoms. The van der Waals surface area contributed by atoms with E-state index in [0.29, 0.717) is 17.9 Å². The zero-order valence-corrected chi connectivity index (χ0v) is 22.0. The first-order chi connectivity index (χ1) is 16.5. The smallest absolute Gasteiger partial charge is 0.226 e. The lowest BCUT2D eigenvalue weighted by molar-refractivity contribution is 0.198. The Bertz CT molecular complexity index is 918. The molecule has 0 radical (unpaired) electrons. The molecule has 2 aromatic rings. The summed E-state index contributed by atoms with van der Waals surface area (Å²) in [5.41, 5.74) is 5.99. The van der Waals surface area contributed by atoms with Gasteiger partial charge in [-0.15, -0.1) is 0 Å². The lowest BCUT2D eigenvalue weighted by Crippen LogP contribution is -2.39. The van der Waals surface area contributed by atoms with Crippen molar-refractivity contribution in [1.29, 1.82) is 0 Å². The summed E-state index contributed by atoms with van der Waals surface area (Å²) in [6, 6.07) is 7.10. The van der Waals surface area contributed by atoms with E-state index in [9.17, 15) is 0 Å². The quantitative estimate of drug-likeness (QED) is 0.376. The lowest BCUT2D eigenvalue weighted by Gasteiger charge is -2.47. The van der Waals surface area contributed by atoms with E-state index in [4.69, 9.17) is 14.5 Å². The number of fused-ring (bicyclic) bond motifs is 1. The number of likely N-dealkylation sites (tertiary alicyclic amines) is 1. The van der Waals surface area contributed by atoms with Crippen molar-refractivity contribution in [2.24, 2.45) is 0 Å². The highest BCUT2D eigenvalue weighted by molar-refractivity contribution is 5.59. The number of rotatable bonds is 10. The number of benzene rings is 1. The molecule has 0 bridgehead atoms. The van der Waals surface area contributed by atoms with Crippen LogP contribution in [0.3, 0.4) is 0 Å². The molecule has 4 rings (SSSR count). The van der Waals surface area contributed by atoms with Crippen molar-refractivity contribution >= 4 is 0 Å². The molecule has 2 aliphatic rings. The summed E-state index contributed by atoms with van der Waals surface area (Å²) >= 11 is 0. The Morgan fingerprint density at radius 1 is 0.941 bits per heavy atom. The van der Waals surface area contributed by atoms with Crippen LogP contribution >= 0.6 is 0 Å². The standard InChI is InChI=1S/C30H46N2O2/c1-5-29(6-2)15-16-30(7-3,8-4)26-21-24(11-12-25(26)29)28-31-27(22-34-28)23-13-18-32(19-14-23)17-9-10-20-33/h11-12,21-23,33H,5-10,13-20H2,1-4H3. The molecule has 2 heterocycles. The van der Waals surface area contributed by atoms with Crippen molar-refractivity contribution in [3.63, 3.8) is 0 Å². The number of hydrogen-bond donors (Lipinski definition) is 1. The van der Waals surface area contributed by atoms with Gasteiger partial charge < -0.3 is 14.4 Å². The summed E-state index contributed by atoms with van der Waals surface area (Å²) in [5.74, 6) is 1.27. The molecular weight excluding hydrogens is 420 g/mol. The number of nitrogens with zero attached hydrogens (tertiary/aromatic N) is 2. The fourth-order valence-corrected chi connectivity index (χ4v) is 6.80. The second kappa shape index (κ2) is 11.0. The van der Waals surface area contributed by atoms with Crippen molar-refractivity contribution in [2.45, 2.75) is 109 Å². The average Bonchev–Trinajstić information content (AvgIpc) is 3.39. The van der Waals surface area contributed by atoms with Crippen LogP contribution in [-0.4, -0.2) is 41.2 Å². The Hall–Kier alpha value is -1.65. The molecule has 0 unspecified atom stereocenters. The van der Waals surface area contributed by atoms with E-state index in [2.05, 4.69) is 50.8 Å². The molecule has 4 heteroatoms. The van der Waals surface area contributed by atoms with E-state index in [-0.39, 0.29) is 5.41 Å². The normalized spacial score (nSPS) is 20.4. The molecule has 1 aliphatic carbocycles. The van der Waals surface area contributed by atoms with Gasteiger partial charge in [0, 0.05) is 18.1 Å². The Morgan fingerprint density at radius 3 is 2.21 bits per heavy atom. The van der Waals surface area contributed by atoms with Crippen LogP contribution in [0.2, 0.25) is 0 Å². The van der Waals surface area contributed by atoms with Crippen molar-refractivity contribution in [3.8, 4) is 11.5 Å². The minimum atomic E-state index is 0.275. The van der Waals surface area contributed by atoms with Gasteiger partial charge in [-0.2, -0.15) is 0 Å². The molecule has 0 atom stereocenters. The lowest BCUT2D eigenvalue weighted by atomic mass is 9.57. The summed E-state index contributed by atoms with van der Waals surface area (Å²) in [7, 11) is 0. The van der Waals surface area contributed by atoms with Crippen LogP contribution in [0.15, 0.2) is 28.9 Å². The fraction of sp³-hybridized carbons (Fsp3) is 0.700. The van der Waals surface area contributed by atoms with E-state index in [0.717, 1.165) is 62.5 Å². The van der Waals surface area contributed by atoms with Crippen LogP contribution in [0.4, 0.5) is 0 Å². The van der Waals surface area contributed by atoms with Crippen LogP contribution in [0.1, 0.15) is 115 Å². The number of piperidine rings is 1. The second-order valence-electron chi connectivity index (χ2n) is 10.9. The molecular formula is C30H46N2O2. The maximum absolute atomic E-state index is 9.02. The van der Waals surface area contributed by atoms with Gasteiger partial charge in [-0.1, -0.05) is 33.8 Å². The molecule has 0 amide bonds. The number of aliphatic hydroxyl groups excluding tert-OH is 1. The molecule has 0 saturated carbocycles. The first-order valence-electron chi connectivity index (χ1n) is 14.0. The van der Waals surface area contributed by atoms with Crippen molar-refractivity contribution < 1.29 is 9.52 Å². The monoisotopic (exact) mass is 466 g/mol. The highest BCUT2D eigenvalue weighted by Crippen LogP contribution is 2.53. The van der Waals surface area contributed by atoms with Crippen LogP contribution in [0.25, 0.3) is 11.5 Å². The molecule has 1 fully saturated rings. The zero-order chi connectivity index (χ0) is 24.2. The molecule has 188 valence electrons. The van der Waals surface area contributed by atoms with Gasteiger partial charge in [0.05, 0.1) is 5.69 Å². The van der Waals surface area contributed by atoms with Crippen molar-refractivity contribution in [1.82, 2.24) is 9.88 Å². The molecule has 34 heavy (non-hydrogen) atoms. The number of aromatic nitrogens is 1. The average molecular weight is 467 g/mol. The SMILES string of the molecule is CCC1(CC)CCC(CC)(CC)c2cc(-c3nc(C4CCN(CCCCO)CC4)co3)ccc21. The third-order valence-corrected chi connectivity index (χ3v) is 9.61. The highest BCUT2D eigenvalue weighted by atomic mass is 16.3. The Balaban J connectivity index is 1.55. The van der Waals surface area contributed by atoms with Gasteiger partial charge in [0.1, 0.15) is 6.26 Å². The topological polar surface area (TPSA) is 49.5 Å². The predicted octanol–water partition coefficient (Wildman–Crippen LogP) is 7.20. The van der Waals surface area contributed by atoms with Gasteiger partial charge in [-0.25, -0.2) is 4.98 Å². The maximum Gasteiger partial charge on any atom is 0.226 e. The fourth-order valence-electron chi connectivity index (χ4n) is 6.80. The molecule has 1 N–H and O–H groups in total. The van der Waals surface area contributed by atoms with E-state index in [1.54, 1.807) is 11.1 Å². The van der Waals surface area contributed by atoms with Crippen molar-refractivity contribution in [2.75, 3.05) is 26.2 Å². The number of hydrogen-bond acceptors (Lipinski definition) is 4. The Morgan fingerprint density at radius 2 is 1.59 bits per heavy atom. The van der Waals surface area contributed by atoms with Gasteiger partial charge in [0.15, 0.2) is 0 Å². The minimum absolute atomic E-state index is 0.275. The van der Waals surface area contributed by atoms with Gasteiger partial charge in [-0.3, -0.25) is 0 Å². The summed E-state index contributed by atoms with van der Waals surface area (Å²) in [5, 5.41) is 9.02. The summed E-state index contributed by atoms with van der Waals surface area (Å²) < 4.78 is 6.09. The van der Waals surface area contributed by atoms with Crippen LogP contribution in [0, 0.1) is 0 Å². The Kier molecular flexibility index (Phi) is 8.20. The minimum Gasteiger partial charge on any atom is -0.444 e. The molecule has 1 aromatic heterocycles. The predicted molar refractivity (Wildman–Crippen MR) is 140 cm³/mol. The highest BCUT2D eigenvalue weighted by Gasteiger charge is 2.43. The van der Waals surface area contributed by atoms with Crippen LogP contribution in [0.5, 0.6) is 0 Å². The maximum atomic E-state index is 9.02. The van der Waals surface area contributed by atoms with Gasteiger partial charge in [-0.05, 0) is 118 Å².